The van der Waals surface area contributed by atoms with E-state index in [1.165, 1.54) is 5.56 Å². The van der Waals surface area contributed by atoms with Gasteiger partial charge in [-0.25, -0.2) is 0 Å². The van der Waals surface area contributed by atoms with Gasteiger partial charge < -0.3 is 9.84 Å². The van der Waals surface area contributed by atoms with Crippen LogP contribution in [-0.2, 0) is 5.41 Å². The highest BCUT2D eigenvalue weighted by Crippen LogP contribution is 2.30. The predicted octanol–water partition coefficient (Wildman–Crippen LogP) is 3.92. The van der Waals surface area contributed by atoms with Gasteiger partial charge in [0.15, 0.2) is 0 Å². The zero-order valence-electron chi connectivity index (χ0n) is 11.9. The van der Waals surface area contributed by atoms with Crippen LogP contribution in [0.25, 0.3) is 0 Å². The normalized spacial score (nSPS) is 11.6. The van der Waals surface area contributed by atoms with E-state index in [2.05, 4.69) is 32.9 Å². The monoisotopic (exact) mass is 250 g/mol. The number of aliphatic hydroxyl groups excluding tert-OH is 1. The molecule has 1 aromatic rings. The molecular formula is C16H26O2. The van der Waals surface area contributed by atoms with Gasteiger partial charge in [0.2, 0.25) is 0 Å². The Morgan fingerprint density at radius 1 is 1.00 bits per heavy atom. The maximum absolute atomic E-state index is 8.70. The Hall–Kier alpha value is -1.02. The molecule has 0 saturated heterocycles. The van der Waals surface area contributed by atoms with Crippen LogP contribution in [0, 0.1) is 0 Å². The minimum absolute atomic E-state index is 0.119. The molecule has 0 heterocycles. The summed E-state index contributed by atoms with van der Waals surface area (Å²) in [4.78, 5) is 0. The number of unbranched alkanes of at least 4 members (excludes halogenated alkanes) is 3. The molecular weight excluding hydrogens is 224 g/mol. The maximum Gasteiger partial charge on any atom is 0.123 e. The van der Waals surface area contributed by atoms with E-state index in [0.717, 1.165) is 38.0 Å². The maximum atomic E-state index is 8.70. The summed E-state index contributed by atoms with van der Waals surface area (Å²) in [5.74, 6) is 1.01. The molecule has 0 radical (unpaired) electrons. The molecule has 18 heavy (non-hydrogen) atoms. The number of hydrogen-bond acceptors (Lipinski definition) is 2. The number of rotatable bonds is 7. The molecule has 1 aromatic carbocycles. The van der Waals surface area contributed by atoms with Gasteiger partial charge in [0.05, 0.1) is 6.61 Å². The molecule has 0 aliphatic carbocycles. The molecule has 2 heteroatoms. The largest absolute Gasteiger partial charge is 0.493 e. The standard InChI is InChI=1S/C16H26O2/c1-16(2,3)14-10-6-7-11-15(14)18-13-9-5-4-8-12-17/h6-7,10-11,17H,4-5,8-9,12-13H2,1-3H3. The summed E-state index contributed by atoms with van der Waals surface area (Å²) in [7, 11) is 0. The smallest absolute Gasteiger partial charge is 0.123 e. The molecule has 0 atom stereocenters. The highest BCUT2D eigenvalue weighted by molar-refractivity contribution is 5.38. The summed E-state index contributed by atoms with van der Waals surface area (Å²) in [6, 6.07) is 8.28. The van der Waals surface area contributed by atoms with Crippen LogP contribution in [0.1, 0.15) is 52.0 Å². The molecule has 0 bridgehead atoms. The minimum Gasteiger partial charge on any atom is -0.493 e. The average Bonchev–Trinajstić information content (AvgIpc) is 2.33. The quantitative estimate of drug-likeness (QED) is 0.743. The van der Waals surface area contributed by atoms with E-state index in [1.807, 2.05) is 12.1 Å². The number of aliphatic hydroxyl groups is 1. The number of para-hydroxylation sites is 1. The Balaban J connectivity index is 2.43. The van der Waals surface area contributed by atoms with Gasteiger partial charge in [-0.15, -0.1) is 0 Å². The molecule has 0 fully saturated rings. The number of ether oxygens (including phenoxy) is 1. The van der Waals surface area contributed by atoms with E-state index < -0.39 is 0 Å². The van der Waals surface area contributed by atoms with Crippen molar-refractivity contribution in [1.29, 1.82) is 0 Å². The second-order valence-corrected chi connectivity index (χ2v) is 5.73. The van der Waals surface area contributed by atoms with Gasteiger partial charge in [0, 0.05) is 6.61 Å². The van der Waals surface area contributed by atoms with Crippen LogP contribution in [0.5, 0.6) is 5.75 Å². The Kier molecular flexibility index (Phi) is 6.20. The highest BCUT2D eigenvalue weighted by Gasteiger charge is 2.17. The van der Waals surface area contributed by atoms with Crippen LogP contribution in [-0.4, -0.2) is 18.3 Å². The van der Waals surface area contributed by atoms with Crippen molar-refractivity contribution in [3.8, 4) is 5.75 Å². The zero-order valence-corrected chi connectivity index (χ0v) is 11.9. The van der Waals surface area contributed by atoms with Crippen molar-refractivity contribution in [3.63, 3.8) is 0 Å². The molecule has 2 nitrogen and oxygen atoms in total. The summed E-state index contributed by atoms with van der Waals surface area (Å²) in [5.41, 5.74) is 1.38. The molecule has 0 unspecified atom stereocenters. The summed E-state index contributed by atoms with van der Waals surface area (Å²) in [6.07, 6.45) is 4.16. The van der Waals surface area contributed by atoms with E-state index in [-0.39, 0.29) is 5.41 Å². The molecule has 1 rings (SSSR count). The lowest BCUT2D eigenvalue weighted by molar-refractivity contribution is 0.271. The van der Waals surface area contributed by atoms with Crippen molar-refractivity contribution in [2.24, 2.45) is 0 Å². The topological polar surface area (TPSA) is 29.5 Å². The Bertz CT molecular complexity index is 339. The SMILES string of the molecule is CC(C)(C)c1ccccc1OCCCCCCO. The van der Waals surface area contributed by atoms with Crippen LogP contribution >= 0.6 is 0 Å². The Morgan fingerprint density at radius 2 is 1.67 bits per heavy atom. The Labute approximate surface area is 111 Å². The highest BCUT2D eigenvalue weighted by atomic mass is 16.5. The van der Waals surface area contributed by atoms with Crippen molar-refractivity contribution in [2.75, 3.05) is 13.2 Å². The summed E-state index contributed by atoms with van der Waals surface area (Å²) in [5, 5.41) is 8.70. The lowest BCUT2D eigenvalue weighted by Crippen LogP contribution is -2.13. The minimum atomic E-state index is 0.119. The van der Waals surface area contributed by atoms with Gasteiger partial charge in [-0.1, -0.05) is 45.4 Å². The van der Waals surface area contributed by atoms with Crippen LogP contribution in [0.2, 0.25) is 0 Å². The van der Waals surface area contributed by atoms with E-state index >= 15 is 0 Å². The first-order valence-electron chi connectivity index (χ1n) is 6.89. The van der Waals surface area contributed by atoms with Crippen LogP contribution in [0.4, 0.5) is 0 Å². The van der Waals surface area contributed by atoms with Crippen molar-refractivity contribution in [2.45, 2.75) is 51.9 Å². The third-order valence-electron chi connectivity index (χ3n) is 3.01. The molecule has 0 spiro atoms. The van der Waals surface area contributed by atoms with Gasteiger partial charge >= 0.3 is 0 Å². The summed E-state index contributed by atoms with van der Waals surface area (Å²) in [6.45, 7) is 7.68. The molecule has 1 N–H and O–H groups in total. The fourth-order valence-corrected chi connectivity index (χ4v) is 1.96. The molecule has 0 saturated carbocycles. The molecule has 0 aromatic heterocycles. The lowest BCUT2D eigenvalue weighted by Gasteiger charge is -2.22. The first-order chi connectivity index (χ1) is 8.55. The third kappa shape index (κ3) is 5.09. The first-order valence-corrected chi connectivity index (χ1v) is 6.89. The van der Waals surface area contributed by atoms with Crippen LogP contribution in [0.3, 0.4) is 0 Å². The molecule has 0 aliphatic heterocycles. The Morgan fingerprint density at radius 3 is 2.33 bits per heavy atom. The third-order valence-corrected chi connectivity index (χ3v) is 3.01. The summed E-state index contributed by atoms with van der Waals surface area (Å²) >= 11 is 0. The van der Waals surface area contributed by atoms with Gasteiger partial charge in [0.25, 0.3) is 0 Å². The predicted molar refractivity (Wildman–Crippen MR) is 76.2 cm³/mol. The second-order valence-electron chi connectivity index (χ2n) is 5.73. The molecule has 0 aliphatic rings. The van der Waals surface area contributed by atoms with Gasteiger partial charge in [0.1, 0.15) is 5.75 Å². The van der Waals surface area contributed by atoms with E-state index in [9.17, 15) is 0 Å². The van der Waals surface area contributed by atoms with Crippen molar-refractivity contribution in [3.05, 3.63) is 29.8 Å². The second kappa shape index (κ2) is 7.42. The zero-order chi connectivity index (χ0) is 13.4. The van der Waals surface area contributed by atoms with E-state index in [0.29, 0.717) is 6.61 Å². The van der Waals surface area contributed by atoms with E-state index in [1.54, 1.807) is 0 Å². The fourth-order valence-electron chi connectivity index (χ4n) is 1.96. The van der Waals surface area contributed by atoms with Gasteiger partial charge in [-0.05, 0) is 36.3 Å². The van der Waals surface area contributed by atoms with Crippen molar-refractivity contribution < 1.29 is 9.84 Å². The van der Waals surface area contributed by atoms with E-state index in [4.69, 9.17) is 9.84 Å². The molecule has 102 valence electrons. The van der Waals surface area contributed by atoms with Gasteiger partial charge in [-0.3, -0.25) is 0 Å². The lowest BCUT2D eigenvalue weighted by atomic mass is 9.86. The van der Waals surface area contributed by atoms with Gasteiger partial charge in [-0.2, -0.15) is 0 Å². The van der Waals surface area contributed by atoms with Crippen LogP contribution in [0.15, 0.2) is 24.3 Å². The first kappa shape index (κ1) is 15.0. The fraction of sp³-hybridized carbons (Fsp3) is 0.625. The molecule has 0 amide bonds. The average molecular weight is 250 g/mol. The number of benzene rings is 1. The van der Waals surface area contributed by atoms with Crippen molar-refractivity contribution in [1.82, 2.24) is 0 Å². The summed E-state index contributed by atoms with van der Waals surface area (Å²) < 4.78 is 5.88. The van der Waals surface area contributed by atoms with Crippen molar-refractivity contribution >= 4 is 0 Å². The number of hydrogen-bond donors (Lipinski definition) is 1. The van der Waals surface area contributed by atoms with Crippen LogP contribution < -0.4 is 4.74 Å².